The maximum Gasteiger partial charge on any atom is 0.407 e. The van der Waals surface area contributed by atoms with Gasteiger partial charge in [-0.05, 0) is 35.6 Å². The number of hydrogen-bond donors (Lipinski definition) is 3. The van der Waals surface area contributed by atoms with E-state index in [0.717, 1.165) is 28.7 Å². The van der Waals surface area contributed by atoms with Gasteiger partial charge in [-0.15, -0.1) is 0 Å². The number of benzene rings is 2. The van der Waals surface area contributed by atoms with Gasteiger partial charge in [0.1, 0.15) is 6.61 Å². The third kappa shape index (κ3) is 5.92. The van der Waals surface area contributed by atoms with E-state index >= 15 is 0 Å². The Kier molecular flexibility index (Phi) is 8.09. The number of alkyl carbamates (subject to hydrolysis) is 1. The SMILES string of the molecule is CCC[C@H](CC(=O)O)NC(=O)C(C)C(C)NC(=O)OCC1c2ccccc2-c2ccccc21. The highest BCUT2D eigenvalue weighted by atomic mass is 16.5. The van der Waals surface area contributed by atoms with Crippen LogP contribution in [0.2, 0.25) is 0 Å². The van der Waals surface area contributed by atoms with Gasteiger partial charge in [-0.2, -0.15) is 0 Å². The lowest BCUT2D eigenvalue weighted by atomic mass is 9.98. The number of carboxylic acid groups (broad SMARTS) is 1. The van der Waals surface area contributed by atoms with Crippen LogP contribution in [-0.4, -0.2) is 41.8 Å². The summed E-state index contributed by atoms with van der Waals surface area (Å²) in [6.07, 6.45) is 0.638. The maximum atomic E-state index is 12.6. The third-order valence-corrected chi connectivity index (χ3v) is 6.26. The fourth-order valence-electron chi connectivity index (χ4n) is 4.30. The van der Waals surface area contributed by atoms with Gasteiger partial charge in [0.15, 0.2) is 0 Å². The van der Waals surface area contributed by atoms with Crippen molar-refractivity contribution in [3.63, 3.8) is 0 Å². The molecule has 1 aliphatic carbocycles. The summed E-state index contributed by atoms with van der Waals surface area (Å²) >= 11 is 0. The Bertz CT molecular complexity index is 960. The molecule has 0 fully saturated rings. The minimum atomic E-state index is -0.953. The summed E-state index contributed by atoms with van der Waals surface area (Å²) in [5, 5.41) is 14.6. The van der Waals surface area contributed by atoms with Gasteiger partial charge in [0.2, 0.25) is 5.91 Å². The number of carbonyl (C=O) groups excluding carboxylic acids is 2. The summed E-state index contributed by atoms with van der Waals surface area (Å²) in [5.41, 5.74) is 4.58. The van der Waals surface area contributed by atoms with Gasteiger partial charge in [-0.25, -0.2) is 4.79 Å². The molecule has 0 radical (unpaired) electrons. The van der Waals surface area contributed by atoms with Crippen molar-refractivity contribution in [3.8, 4) is 11.1 Å². The van der Waals surface area contributed by atoms with Gasteiger partial charge < -0.3 is 20.5 Å². The molecule has 7 nitrogen and oxygen atoms in total. The number of ether oxygens (including phenoxy) is 1. The highest BCUT2D eigenvalue weighted by Crippen LogP contribution is 2.44. The molecule has 2 aromatic carbocycles. The van der Waals surface area contributed by atoms with Crippen molar-refractivity contribution in [1.29, 1.82) is 0 Å². The van der Waals surface area contributed by atoms with E-state index in [-0.39, 0.29) is 24.9 Å². The van der Waals surface area contributed by atoms with E-state index in [1.165, 1.54) is 0 Å². The van der Waals surface area contributed by atoms with Gasteiger partial charge >= 0.3 is 12.1 Å². The molecule has 3 rings (SSSR count). The zero-order valence-corrected chi connectivity index (χ0v) is 19.3. The van der Waals surface area contributed by atoms with E-state index in [1.54, 1.807) is 13.8 Å². The average molecular weight is 453 g/mol. The molecule has 0 aliphatic heterocycles. The van der Waals surface area contributed by atoms with Gasteiger partial charge in [0.05, 0.1) is 12.3 Å². The predicted molar refractivity (Wildman–Crippen MR) is 126 cm³/mol. The third-order valence-electron chi connectivity index (χ3n) is 6.26. The summed E-state index contributed by atoms with van der Waals surface area (Å²) < 4.78 is 5.55. The summed E-state index contributed by atoms with van der Waals surface area (Å²) in [6, 6.07) is 15.3. The van der Waals surface area contributed by atoms with Gasteiger partial charge in [-0.3, -0.25) is 9.59 Å². The van der Waals surface area contributed by atoms with E-state index in [1.807, 2.05) is 31.2 Å². The first kappa shape index (κ1) is 24.3. The zero-order valence-electron chi connectivity index (χ0n) is 19.3. The Morgan fingerprint density at radius 2 is 1.55 bits per heavy atom. The zero-order chi connectivity index (χ0) is 24.0. The topological polar surface area (TPSA) is 105 Å². The highest BCUT2D eigenvalue weighted by molar-refractivity contribution is 5.81. The number of rotatable bonds is 10. The highest BCUT2D eigenvalue weighted by Gasteiger charge is 2.30. The molecule has 7 heteroatoms. The first-order chi connectivity index (χ1) is 15.8. The Labute approximate surface area is 194 Å². The molecular weight excluding hydrogens is 420 g/mol. The molecular formula is C26H32N2O5. The minimum absolute atomic E-state index is 0.0370. The summed E-state index contributed by atoms with van der Waals surface area (Å²) in [5.74, 6) is -1.82. The first-order valence-electron chi connectivity index (χ1n) is 11.5. The molecule has 3 N–H and O–H groups in total. The second-order valence-corrected chi connectivity index (χ2v) is 8.64. The van der Waals surface area contributed by atoms with Crippen LogP contribution < -0.4 is 10.6 Å². The second-order valence-electron chi connectivity index (χ2n) is 8.64. The van der Waals surface area contributed by atoms with Crippen LogP contribution >= 0.6 is 0 Å². The Morgan fingerprint density at radius 3 is 2.09 bits per heavy atom. The number of amides is 2. The van der Waals surface area contributed by atoms with Crippen molar-refractivity contribution in [2.45, 2.75) is 58.0 Å². The van der Waals surface area contributed by atoms with Crippen molar-refractivity contribution >= 4 is 18.0 Å². The van der Waals surface area contributed by atoms with Crippen LogP contribution in [-0.2, 0) is 14.3 Å². The first-order valence-corrected chi connectivity index (χ1v) is 11.5. The standard InChI is InChI=1S/C26H32N2O5/c1-4-9-18(14-24(29)30)28-25(31)16(2)17(3)27-26(32)33-15-23-21-12-7-5-10-19(21)20-11-6-8-13-22(20)23/h5-8,10-13,16-18,23H,4,9,14-15H2,1-3H3,(H,27,32)(H,28,31)(H,29,30)/t16?,17?,18-/m1/s1. The van der Waals surface area contributed by atoms with Crippen LogP contribution in [0.25, 0.3) is 11.1 Å². The number of nitrogens with one attached hydrogen (secondary N) is 2. The normalized spacial score (nSPS) is 15.0. The second kappa shape index (κ2) is 11.0. The lowest BCUT2D eigenvalue weighted by Gasteiger charge is -2.24. The van der Waals surface area contributed by atoms with E-state index in [9.17, 15) is 14.4 Å². The molecule has 3 atom stereocenters. The van der Waals surface area contributed by atoms with E-state index in [2.05, 4.69) is 34.9 Å². The van der Waals surface area contributed by atoms with E-state index in [0.29, 0.717) is 6.42 Å². The minimum Gasteiger partial charge on any atom is -0.481 e. The van der Waals surface area contributed by atoms with E-state index < -0.39 is 30.1 Å². The van der Waals surface area contributed by atoms with Gasteiger partial charge in [-0.1, -0.05) is 68.8 Å². The van der Waals surface area contributed by atoms with Gasteiger partial charge in [0, 0.05) is 18.0 Å². The summed E-state index contributed by atoms with van der Waals surface area (Å²) in [4.78, 5) is 36.1. The van der Waals surface area contributed by atoms with Gasteiger partial charge in [0.25, 0.3) is 0 Å². The van der Waals surface area contributed by atoms with Crippen LogP contribution in [0.3, 0.4) is 0 Å². The smallest absolute Gasteiger partial charge is 0.407 e. The summed E-state index contributed by atoms with van der Waals surface area (Å²) in [7, 11) is 0. The van der Waals surface area contributed by atoms with Crippen molar-refractivity contribution < 1.29 is 24.2 Å². The number of fused-ring (bicyclic) bond motifs is 3. The number of carboxylic acids is 1. The summed E-state index contributed by atoms with van der Waals surface area (Å²) in [6.45, 7) is 5.57. The average Bonchev–Trinajstić information content (AvgIpc) is 3.10. The van der Waals surface area contributed by atoms with E-state index in [4.69, 9.17) is 9.84 Å². The predicted octanol–water partition coefficient (Wildman–Crippen LogP) is 4.31. The Balaban J connectivity index is 1.55. The van der Waals surface area contributed by atoms with Crippen LogP contribution in [0.15, 0.2) is 48.5 Å². The van der Waals surface area contributed by atoms with Crippen molar-refractivity contribution in [3.05, 3.63) is 59.7 Å². The number of aliphatic carboxylic acids is 1. The number of hydrogen-bond acceptors (Lipinski definition) is 4. The van der Waals surface area contributed by atoms with Crippen molar-refractivity contribution in [2.75, 3.05) is 6.61 Å². The molecule has 1 aliphatic rings. The molecule has 0 heterocycles. The Morgan fingerprint density at radius 1 is 0.970 bits per heavy atom. The van der Waals surface area contributed by atoms with Crippen LogP contribution in [0.5, 0.6) is 0 Å². The molecule has 2 amide bonds. The quantitative estimate of drug-likeness (QED) is 0.498. The van der Waals surface area contributed by atoms with Crippen LogP contribution in [0.4, 0.5) is 4.79 Å². The van der Waals surface area contributed by atoms with Crippen LogP contribution in [0.1, 0.15) is 57.1 Å². The molecule has 176 valence electrons. The number of carbonyl (C=O) groups is 3. The fraction of sp³-hybridized carbons (Fsp3) is 0.423. The van der Waals surface area contributed by atoms with Crippen molar-refractivity contribution in [1.82, 2.24) is 10.6 Å². The molecule has 0 saturated heterocycles. The molecule has 0 saturated carbocycles. The lowest BCUT2D eigenvalue weighted by Crippen LogP contribution is -2.47. The van der Waals surface area contributed by atoms with Crippen LogP contribution in [0, 0.1) is 5.92 Å². The largest absolute Gasteiger partial charge is 0.481 e. The lowest BCUT2D eigenvalue weighted by molar-refractivity contribution is -0.137. The Hall–Kier alpha value is -3.35. The molecule has 33 heavy (non-hydrogen) atoms. The van der Waals surface area contributed by atoms with Crippen molar-refractivity contribution in [2.24, 2.45) is 5.92 Å². The molecule has 0 spiro atoms. The molecule has 2 aromatic rings. The monoisotopic (exact) mass is 452 g/mol. The molecule has 0 bridgehead atoms. The molecule has 2 unspecified atom stereocenters. The molecule has 0 aromatic heterocycles. The fourth-order valence-corrected chi connectivity index (χ4v) is 4.30. The maximum absolute atomic E-state index is 12.6.